The summed E-state index contributed by atoms with van der Waals surface area (Å²) in [5.41, 5.74) is 4.68. The van der Waals surface area contributed by atoms with Crippen molar-refractivity contribution in [3.05, 3.63) is 57.6 Å². The molecule has 0 aromatic heterocycles. The van der Waals surface area contributed by atoms with Crippen LogP contribution < -0.4 is 14.4 Å². The molecule has 2 aromatic rings. The smallest absolute Gasteiger partial charge is 0.244 e. The van der Waals surface area contributed by atoms with Gasteiger partial charge < -0.3 is 10.1 Å². The minimum atomic E-state index is -3.75. The van der Waals surface area contributed by atoms with E-state index in [1.807, 2.05) is 27.7 Å². The summed E-state index contributed by atoms with van der Waals surface area (Å²) in [6.45, 7) is 9.50. The third-order valence-electron chi connectivity index (χ3n) is 5.19. The van der Waals surface area contributed by atoms with Gasteiger partial charge in [-0.2, -0.15) is 0 Å². The maximum Gasteiger partial charge on any atom is 0.244 e. The molecule has 30 heavy (non-hydrogen) atoms. The average molecular weight is 453 g/mol. The monoisotopic (exact) mass is 452 g/mol. The van der Waals surface area contributed by atoms with E-state index in [2.05, 4.69) is 17.4 Å². The van der Waals surface area contributed by atoms with Crippen molar-refractivity contribution in [2.24, 2.45) is 0 Å². The predicted molar refractivity (Wildman–Crippen MR) is 122 cm³/mol. The Morgan fingerprint density at radius 3 is 2.20 bits per heavy atom. The number of ether oxygens (including phenoxy) is 1. The molecule has 0 saturated carbocycles. The van der Waals surface area contributed by atoms with E-state index >= 15 is 0 Å². The summed E-state index contributed by atoms with van der Waals surface area (Å²) in [6.07, 6.45) is 1.06. The number of halogens is 1. The Morgan fingerprint density at radius 1 is 1.07 bits per heavy atom. The Bertz CT molecular complexity index is 1050. The van der Waals surface area contributed by atoms with E-state index in [1.165, 1.54) is 18.7 Å². The van der Waals surface area contributed by atoms with Crippen molar-refractivity contribution in [3.63, 3.8) is 0 Å². The molecule has 0 aliphatic carbocycles. The number of anilines is 1. The van der Waals surface area contributed by atoms with Crippen LogP contribution in [-0.4, -0.2) is 33.7 Å². The number of nitrogens with one attached hydrogen (secondary N) is 1. The minimum Gasteiger partial charge on any atom is -0.495 e. The normalized spacial score (nSPS) is 13.5. The summed E-state index contributed by atoms with van der Waals surface area (Å²) < 4.78 is 31.2. The molecule has 0 heterocycles. The highest BCUT2D eigenvalue weighted by molar-refractivity contribution is 7.92. The van der Waals surface area contributed by atoms with Crippen LogP contribution >= 0.6 is 11.6 Å². The molecule has 0 fully saturated rings. The number of methoxy groups -OCH3 is 1. The van der Waals surface area contributed by atoms with Crippen LogP contribution in [0.5, 0.6) is 5.75 Å². The Balaban J connectivity index is 2.32. The quantitative estimate of drug-likeness (QED) is 0.679. The fraction of sp³-hybridized carbons (Fsp3) is 0.409. The van der Waals surface area contributed by atoms with Gasteiger partial charge in [0, 0.05) is 0 Å². The van der Waals surface area contributed by atoms with Crippen molar-refractivity contribution in [3.8, 4) is 5.75 Å². The zero-order valence-electron chi connectivity index (χ0n) is 18.4. The minimum absolute atomic E-state index is 0.260. The Labute approximate surface area is 184 Å². The lowest BCUT2D eigenvalue weighted by Gasteiger charge is -2.30. The van der Waals surface area contributed by atoms with Gasteiger partial charge in [0.1, 0.15) is 11.8 Å². The predicted octanol–water partition coefficient (Wildman–Crippen LogP) is 4.31. The standard InChI is InChI=1S/C22H29ClN2O4S/c1-13-10-15(3)19(11-14(13)2)16(4)24-22(26)17(5)25(30(7,27)28)18-8-9-21(29-6)20(23)12-18/h8-12,16-17H,1-7H3,(H,24,26)/t16-,17-/m1/s1. The highest BCUT2D eigenvalue weighted by Crippen LogP contribution is 2.31. The van der Waals surface area contributed by atoms with Crippen LogP contribution in [0.15, 0.2) is 30.3 Å². The molecule has 0 bridgehead atoms. The largest absolute Gasteiger partial charge is 0.495 e. The van der Waals surface area contributed by atoms with E-state index in [9.17, 15) is 13.2 Å². The van der Waals surface area contributed by atoms with Crippen LogP contribution in [0, 0.1) is 20.8 Å². The van der Waals surface area contributed by atoms with Gasteiger partial charge in [0.2, 0.25) is 15.9 Å². The molecule has 8 heteroatoms. The van der Waals surface area contributed by atoms with Crippen LogP contribution in [0.25, 0.3) is 0 Å². The summed E-state index contributed by atoms with van der Waals surface area (Å²) in [4.78, 5) is 13.0. The number of benzene rings is 2. The molecule has 6 nitrogen and oxygen atoms in total. The molecular formula is C22H29ClN2O4S. The number of nitrogens with zero attached hydrogens (tertiary/aromatic N) is 1. The van der Waals surface area contributed by atoms with Crippen molar-refractivity contribution in [1.29, 1.82) is 0 Å². The van der Waals surface area contributed by atoms with E-state index in [1.54, 1.807) is 19.1 Å². The van der Waals surface area contributed by atoms with E-state index in [-0.39, 0.29) is 11.1 Å². The molecule has 164 valence electrons. The molecule has 0 saturated heterocycles. The summed E-state index contributed by atoms with van der Waals surface area (Å²) >= 11 is 6.17. The second-order valence-electron chi connectivity index (χ2n) is 7.58. The number of aryl methyl sites for hydroxylation is 3. The van der Waals surface area contributed by atoms with Crippen LogP contribution in [-0.2, 0) is 14.8 Å². The first kappa shape index (κ1) is 24.0. The lowest BCUT2D eigenvalue weighted by atomic mass is 9.96. The molecule has 0 unspecified atom stereocenters. The molecule has 0 aliphatic heterocycles. The number of rotatable bonds is 7. The van der Waals surface area contributed by atoms with Crippen LogP contribution in [0.2, 0.25) is 5.02 Å². The second-order valence-corrected chi connectivity index (χ2v) is 9.84. The zero-order valence-corrected chi connectivity index (χ0v) is 20.0. The van der Waals surface area contributed by atoms with Gasteiger partial charge in [-0.1, -0.05) is 23.7 Å². The average Bonchev–Trinajstić information content (AvgIpc) is 2.63. The molecule has 2 rings (SSSR count). The topological polar surface area (TPSA) is 75.7 Å². The number of hydrogen-bond acceptors (Lipinski definition) is 4. The van der Waals surface area contributed by atoms with Gasteiger partial charge in [0.15, 0.2) is 0 Å². The molecule has 0 spiro atoms. The first-order valence-corrected chi connectivity index (χ1v) is 11.8. The third kappa shape index (κ3) is 5.26. The first-order valence-electron chi connectivity index (χ1n) is 9.57. The first-order chi connectivity index (χ1) is 13.9. The lowest BCUT2D eigenvalue weighted by Crippen LogP contribution is -2.48. The van der Waals surface area contributed by atoms with Gasteiger partial charge in [0.25, 0.3) is 0 Å². The molecule has 1 N–H and O–H groups in total. The van der Waals surface area contributed by atoms with Crippen LogP contribution in [0.3, 0.4) is 0 Å². The van der Waals surface area contributed by atoms with Gasteiger partial charge in [0.05, 0.1) is 30.1 Å². The van der Waals surface area contributed by atoms with Gasteiger partial charge in [-0.15, -0.1) is 0 Å². The second kappa shape index (κ2) is 9.27. The number of sulfonamides is 1. The van der Waals surface area contributed by atoms with E-state index in [0.717, 1.165) is 27.3 Å². The number of carbonyl (C=O) groups is 1. The summed E-state index contributed by atoms with van der Waals surface area (Å²) in [7, 11) is -2.27. The molecule has 2 aromatic carbocycles. The zero-order chi connectivity index (χ0) is 22.8. The van der Waals surface area contributed by atoms with Gasteiger partial charge in [-0.25, -0.2) is 8.42 Å². The van der Waals surface area contributed by atoms with Crippen molar-refractivity contribution < 1.29 is 17.9 Å². The Kier molecular flexibility index (Phi) is 7.42. The molecule has 0 radical (unpaired) electrons. The fourth-order valence-corrected chi connectivity index (χ4v) is 4.88. The van der Waals surface area contributed by atoms with Crippen molar-refractivity contribution in [1.82, 2.24) is 5.32 Å². The van der Waals surface area contributed by atoms with E-state index < -0.39 is 22.0 Å². The van der Waals surface area contributed by atoms with Crippen molar-refractivity contribution in [2.45, 2.75) is 46.7 Å². The van der Waals surface area contributed by atoms with Crippen molar-refractivity contribution in [2.75, 3.05) is 17.7 Å². The summed E-state index contributed by atoms with van der Waals surface area (Å²) in [5.74, 6) is 0.0160. The molecular weight excluding hydrogens is 424 g/mol. The summed E-state index contributed by atoms with van der Waals surface area (Å²) in [5, 5.41) is 3.20. The van der Waals surface area contributed by atoms with Gasteiger partial charge in [-0.05, 0) is 75.1 Å². The number of hydrogen-bond donors (Lipinski definition) is 1. The van der Waals surface area contributed by atoms with Crippen LogP contribution in [0.1, 0.15) is 42.1 Å². The SMILES string of the molecule is COc1ccc(N([C@H](C)C(=O)N[C@H](C)c2cc(C)c(C)cc2C)S(C)(=O)=O)cc1Cl. The molecule has 2 atom stereocenters. The Hall–Kier alpha value is -2.25. The number of amides is 1. The Morgan fingerprint density at radius 2 is 1.67 bits per heavy atom. The summed E-state index contributed by atoms with van der Waals surface area (Å²) in [6, 6.07) is 7.49. The van der Waals surface area contributed by atoms with Crippen molar-refractivity contribution >= 4 is 33.2 Å². The van der Waals surface area contributed by atoms with E-state index in [4.69, 9.17) is 16.3 Å². The highest BCUT2D eigenvalue weighted by Gasteiger charge is 2.30. The van der Waals surface area contributed by atoms with Gasteiger partial charge >= 0.3 is 0 Å². The van der Waals surface area contributed by atoms with Crippen LogP contribution in [0.4, 0.5) is 5.69 Å². The molecule has 1 amide bonds. The third-order valence-corrected chi connectivity index (χ3v) is 6.72. The van der Waals surface area contributed by atoms with E-state index in [0.29, 0.717) is 11.4 Å². The molecule has 0 aliphatic rings. The van der Waals surface area contributed by atoms with Gasteiger partial charge in [-0.3, -0.25) is 9.10 Å². The lowest BCUT2D eigenvalue weighted by molar-refractivity contribution is -0.122. The maximum absolute atomic E-state index is 13.0. The number of carbonyl (C=O) groups excluding carboxylic acids is 1. The highest BCUT2D eigenvalue weighted by atomic mass is 35.5. The fourth-order valence-electron chi connectivity index (χ4n) is 3.46. The maximum atomic E-state index is 13.0.